The Morgan fingerprint density at radius 1 is 1.03 bits per heavy atom. The summed E-state index contributed by atoms with van der Waals surface area (Å²) in [6, 6.07) is 20.5. The molecule has 0 aliphatic rings. The number of carbonyl (C=O) groups is 1. The highest BCUT2D eigenvalue weighted by Crippen LogP contribution is 2.23. The monoisotopic (exact) mass is 434 g/mol. The summed E-state index contributed by atoms with van der Waals surface area (Å²) in [6.45, 7) is 1.17. The van der Waals surface area contributed by atoms with Gasteiger partial charge in [-0.25, -0.2) is 9.78 Å². The van der Waals surface area contributed by atoms with Gasteiger partial charge in [0.05, 0.1) is 12.9 Å². The number of halogens is 1. The van der Waals surface area contributed by atoms with Gasteiger partial charge in [-0.05, 0) is 34.0 Å². The third kappa shape index (κ3) is 5.96. The summed E-state index contributed by atoms with van der Waals surface area (Å²) >= 11 is 0. The highest BCUT2D eigenvalue weighted by molar-refractivity contribution is 5.86. The van der Waals surface area contributed by atoms with E-state index < -0.39 is 5.97 Å². The molecular formula is C25H23ClN2O3. The summed E-state index contributed by atoms with van der Waals surface area (Å²) in [6.07, 6.45) is 8.86. The van der Waals surface area contributed by atoms with Crippen LogP contribution in [0.25, 0.3) is 16.8 Å². The summed E-state index contributed by atoms with van der Waals surface area (Å²) in [4.78, 5) is 15.0. The molecule has 31 heavy (non-hydrogen) atoms. The van der Waals surface area contributed by atoms with Gasteiger partial charge >= 0.3 is 5.97 Å². The maximum absolute atomic E-state index is 10.9. The van der Waals surface area contributed by atoms with Crippen LogP contribution in [0, 0.1) is 0 Å². The molecule has 0 bridgehead atoms. The van der Waals surface area contributed by atoms with Crippen LogP contribution in [0.15, 0.2) is 85.5 Å². The van der Waals surface area contributed by atoms with E-state index in [1.54, 1.807) is 18.6 Å². The molecule has 1 heterocycles. The zero-order valence-corrected chi connectivity index (χ0v) is 17.7. The lowest BCUT2D eigenvalue weighted by atomic mass is 10.1. The number of imidazole rings is 1. The minimum Gasteiger partial charge on any atom is -0.493 e. The highest BCUT2D eigenvalue weighted by atomic mass is 35.5. The number of aliphatic carboxylic acids is 1. The first-order chi connectivity index (χ1) is 14.7. The van der Waals surface area contributed by atoms with E-state index in [1.807, 2.05) is 41.1 Å². The average molecular weight is 435 g/mol. The van der Waals surface area contributed by atoms with Gasteiger partial charge in [0.25, 0.3) is 0 Å². The summed E-state index contributed by atoms with van der Waals surface area (Å²) in [5.74, 6) is -0.314. The van der Waals surface area contributed by atoms with Gasteiger partial charge in [0.2, 0.25) is 0 Å². The molecule has 0 amide bonds. The molecule has 0 fully saturated rings. The molecule has 5 nitrogen and oxygen atoms in total. The van der Waals surface area contributed by atoms with Crippen LogP contribution in [-0.4, -0.2) is 27.2 Å². The lowest BCUT2D eigenvalue weighted by molar-refractivity contribution is -0.131. The van der Waals surface area contributed by atoms with Gasteiger partial charge in [-0.1, -0.05) is 54.6 Å². The van der Waals surface area contributed by atoms with Crippen LogP contribution in [0.3, 0.4) is 0 Å². The number of fused-ring (bicyclic) bond motifs is 1. The SMILES string of the molecule is Cl.O=C(O)/C=C/c1ccc(Cn2ccnc2)cc1OCCc1ccc2ccccc2c1. The number of hydrogen-bond donors (Lipinski definition) is 1. The third-order valence-electron chi connectivity index (χ3n) is 4.87. The van der Waals surface area contributed by atoms with Crippen LogP contribution < -0.4 is 4.74 Å². The first-order valence-corrected chi connectivity index (χ1v) is 9.77. The van der Waals surface area contributed by atoms with Crippen LogP contribution >= 0.6 is 12.4 Å². The molecule has 0 unspecified atom stereocenters. The molecule has 1 aromatic heterocycles. The van der Waals surface area contributed by atoms with Crippen molar-refractivity contribution in [3.05, 3.63) is 102 Å². The molecule has 158 valence electrons. The number of ether oxygens (including phenoxy) is 1. The normalized spacial score (nSPS) is 10.8. The van der Waals surface area contributed by atoms with E-state index in [0.29, 0.717) is 18.9 Å². The van der Waals surface area contributed by atoms with Gasteiger partial charge in [0, 0.05) is 37.0 Å². The van der Waals surface area contributed by atoms with Crippen molar-refractivity contribution in [2.24, 2.45) is 0 Å². The summed E-state index contributed by atoms with van der Waals surface area (Å²) in [5, 5.41) is 11.4. The quantitative estimate of drug-likeness (QED) is 0.386. The Bertz CT molecular complexity index is 1190. The molecule has 0 atom stereocenters. The Labute approximate surface area is 187 Å². The number of carboxylic acid groups (broad SMARTS) is 1. The molecule has 6 heteroatoms. The second-order valence-electron chi connectivity index (χ2n) is 7.06. The fourth-order valence-electron chi connectivity index (χ4n) is 3.37. The van der Waals surface area contributed by atoms with Crippen molar-refractivity contribution in [1.29, 1.82) is 0 Å². The van der Waals surface area contributed by atoms with Gasteiger partial charge in [0.15, 0.2) is 0 Å². The Hall–Kier alpha value is -3.57. The summed E-state index contributed by atoms with van der Waals surface area (Å²) in [7, 11) is 0. The fourth-order valence-corrected chi connectivity index (χ4v) is 3.37. The average Bonchev–Trinajstić information content (AvgIpc) is 3.26. The molecule has 0 aliphatic carbocycles. The second kappa shape index (κ2) is 10.5. The molecule has 4 rings (SSSR count). The summed E-state index contributed by atoms with van der Waals surface area (Å²) in [5.41, 5.74) is 3.00. The van der Waals surface area contributed by atoms with Crippen molar-refractivity contribution < 1.29 is 14.6 Å². The lowest BCUT2D eigenvalue weighted by Crippen LogP contribution is -2.04. The smallest absolute Gasteiger partial charge is 0.328 e. The van der Waals surface area contributed by atoms with Crippen molar-refractivity contribution in [2.75, 3.05) is 6.61 Å². The Morgan fingerprint density at radius 3 is 2.61 bits per heavy atom. The molecule has 0 aliphatic heterocycles. The van der Waals surface area contributed by atoms with Crippen LogP contribution in [-0.2, 0) is 17.8 Å². The zero-order chi connectivity index (χ0) is 20.8. The van der Waals surface area contributed by atoms with Crippen molar-refractivity contribution in [2.45, 2.75) is 13.0 Å². The van der Waals surface area contributed by atoms with Crippen molar-refractivity contribution in [1.82, 2.24) is 9.55 Å². The van der Waals surface area contributed by atoms with Crippen molar-refractivity contribution in [3.63, 3.8) is 0 Å². The van der Waals surface area contributed by atoms with E-state index in [0.717, 1.165) is 23.6 Å². The molecule has 0 saturated carbocycles. The van der Waals surface area contributed by atoms with Gasteiger partial charge in [0.1, 0.15) is 5.75 Å². The number of carboxylic acids is 1. The van der Waals surface area contributed by atoms with Gasteiger partial charge in [-0.15, -0.1) is 12.4 Å². The van der Waals surface area contributed by atoms with Crippen LogP contribution in [0.2, 0.25) is 0 Å². The Balaban J connectivity index is 0.00000272. The molecule has 4 aromatic rings. The highest BCUT2D eigenvalue weighted by Gasteiger charge is 2.06. The van der Waals surface area contributed by atoms with Crippen LogP contribution in [0.4, 0.5) is 0 Å². The van der Waals surface area contributed by atoms with E-state index in [1.165, 1.54) is 16.3 Å². The number of benzene rings is 3. The number of rotatable bonds is 8. The van der Waals surface area contributed by atoms with Gasteiger partial charge in [-0.3, -0.25) is 0 Å². The van der Waals surface area contributed by atoms with Crippen molar-refractivity contribution >= 4 is 35.2 Å². The molecule has 0 saturated heterocycles. The minimum absolute atomic E-state index is 0. The Kier molecular flexibility index (Phi) is 7.46. The van der Waals surface area contributed by atoms with E-state index >= 15 is 0 Å². The first-order valence-electron chi connectivity index (χ1n) is 9.77. The lowest BCUT2D eigenvalue weighted by Gasteiger charge is -2.12. The number of nitrogens with zero attached hydrogens (tertiary/aromatic N) is 2. The predicted molar refractivity (Wildman–Crippen MR) is 125 cm³/mol. The van der Waals surface area contributed by atoms with Crippen molar-refractivity contribution in [3.8, 4) is 5.75 Å². The van der Waals surface area contributed by atoms with E-state index in [-0.39, 0.29) is 12.4 Å². The fraction of sp³-hybridized carbons (Fsp3) is 0.120. The second-order valence-corrected chi connectivity index (χ2v) is 7.06. The molecule has 0 spiro atoms. The van der Waals surface area contributed by atoms with Crippen LogP contribution in [0.1, 0.15) is 16.7 Å². The van der Waals surface area contributed by atoms with E-state index in [2.05, 4.69) is 35.3 Å². The van der Waals surface area contributed by atoms with Gasteiger partial charge in [-0.2, -0.15) is 0 Å². The zero-order valence-electron chi connectivity index (χ0n) is 16.8. The summed E-state index contributed by atoms with van der Waals surface area (Å²) < 4.78 is 8.05. The largest absolute Gasteiger partial charge is 0.493 e. The number of hydrogen-bond acceptors (Lipinski definition) is 3. The number of aromatic nitrogens is 2. The standard InChI is InChI=1S/C25H22N2O3.ClH/c28-25(29)10-9-22-8-6-20(17-27-13-12-26-18-27)16-24(22)30-14-11-19-5-7-21-3-1-2-4-23(21)15-19;/h1-10,12-13,15-16,18H,11,14,17H2,(H,28,29);1H/b10-9+;. The molecule has 3 aromatic carbocycles. The molecule has 1 N–H and O–H groups in total. The Morgan fingerprint density at radius 2 is 1.84 bits per heavy atom. The maximum Gasteiger partial charge on any atom is 0.328 e. The van der Waals surface area contributed by atoms with Gasteiger partial charge < -0.3 is 14.4 Å². The van der Waals surface area contributed by atoms with E-state index in [9.17, 15) is 4.79 Å². The molecular weight excluding hydrogens is 412 g/mol. The minimum atomic E-state index is -0.986. The van der Waals surface area contributed by atoms with Crippen LogP contribution in [0.5, 0.6) is 5.75 Å². The maximum atomic E-state index is 10.9. The van der Waals surface area contributed by atoms with E-state index in [4.69, 9.17) is 9.84 Å². The topological polar surface area (TPSA) is 64.3 Å². The molecule has 0 radical (unpaired) electrons. The first kappa shape index (κ1) is 22.1. The predicted octanol–water partition coefficient (Wildman–Crippen LogP) is 5.23. The third-order valence-corrected chi connectivity index (χ3v) is 4.87.